The van der Waals surface area contributed by atoms with Gasteiger partial charge in [-0.15, -0.1) is 0 Å². The van der Waals surface area contributed by atoms with E-state index in [9.17, 15) is 4.79 Å². The molecule has 88 valence electrons. The highest BCUT2D eigenvalue weighted by Crippen LogP contribution is 2.28. The van der Waals surface area contributed by atoms with Crippen molar-refractivity contribution in [2.45, 2.75) is 33.2 Å². The number of nitrogens with zero attached hydrogens (tertiary/aromatic N) is 1. The van der Waals surface area contributed by atoms with E-state index < -0.39 is 0 Å². The molecule has 1 aromatic rings. The van der Waals surface area contributed by atoms with E-state index in [-0.39, 0.29) is 0 Å². The number of anilines is 1. The smallest absolute Gasteiger partial charge is 0.150 e. The molecule has 1 aromatic carbocycles. The zero-order chi connectivity index (χ0) is 12.1. The summed E-state index contributed by atoms with van der Waals surface area (Å²) in [5.41, 5.74) is 1.86. The summed E-state index contributed by atoms with van der Waals surface area (Å²) in [4.78, 5) is 13.0. The fourth-order valence-corrected chi connectivity index (χ4v) is 2.39. The first-order chi connectivity index (χ1) is 7.63. The van der Waals surface area contributed by atoms with Crippen LogP contribution in [0.15, 0.2) is 22.7 Å². The minimum atomic E-state index is 0.503. The molecule has 1 unspecified atom stereocenters. The van der Waals surface area contributed by atoms with Gasteiger partial charge in [0.05, 0.1) is 5.69 Å². The van der Waals surface area contributed by atoms with Crippen molar-refractivity contribution in [3.05, 3.63) is 28.2 Å². The van der Waals surface area contributed by atoms with Crippen molar-refractivity contribution in [3.8, 4) is 0 Å². The van der Waals surface area contributed by atoms with E-state index in [1.165, 1.54) is 0 Å². The minimum Gasteiger partial charge on any atom is -0.368 e. The van der Waals surface area contributed by atoms with Crippen LogP contribution in [0.5, 0.6) is 0 Å². The second-order valence-corrected chi connectivity index (χ2v) is 4.73. The van der Waals surface area contributed by atoms with Gasteiger partial charge in [0.15, 0.2) is 0 Å². The molecule has 0 fully saturated rings. The van der Waals surface area contributed by atoms with Crippen molar-refractivity contribution >= 4 is 27.9 Å². The molecule has 0 aliphatic carbocycles. The molecule has 0 N–H and O–H groups in total. The molecular weight excluding hydrogens is 266 g/mol. The highest BCUT2D eigenvalue weighted by atomic mass is 79.9. The van der Waals surface area contributed by atoms with Gasteiger partial charge in [-0.1, -0.05) is 6.92 Å². The number of aldehydes is 1. The maximum absolute atomic E-state index is 10.7. The molecule has 1 atom stereocenters. The largest absolute Gasteiger partial charge is 0.368 e. The first kappa shape index (κ1) is 13.2. The van der Waals surface area contributed by atoms with Crippen LogP contribution in [-0.2, 0) is 0 Å². The molecule has 0 aliphatic rings. The maximum atomic E-state index is 10.7. The Hall–Kier alpha value is -0.830. The van der Waals surface area contributed by atoms with Crippen molar-refractivity contribution in [2.75, 3.05) is 11.4 Å². The summed E-state index contributed by atoms with van der Waals surface area (Å²) in [5, 5.41) is 0. The van der Waals surface area contributed by atoms with Crippen molar-refractivity contribution in [3.63, 3.8) is 0 Å². The van der Waals surface area contributed by atoms with Gasteiger partial charge < -0.3 is 4.90 Å². The SMILES string of the molecule is CCC(C)N(CC)c1ccc(C=O)cc1Br. The lowest BCUT2D eigenvalue weighted by molar-refractivity contribution is 0.112. The van der Waals surface area contributed by atoms with Gasteiger partial charge in [0.1, 0.15) is 6.29 Å². The number of carbonyl (C=O) groups is 1. The fourth-order valence-electron chi connectivity index (χ4n) is 1.77. The number of benzene rings is 1. The Morgan fingerprint density at radius 1 is 1.44 bits per heavy atom. The van der Waals surface area contributed by atoms with E-state index >= 15 is 0 Å². The zero-order valence-electron chi connectivity index (χ0n) is 10.0. The highest BCUT2D eigenvalue weighted by molar-refractivity contribution is 9.10. The predicted molar refractivity (Wildman–Crippen MR) is 72.3 cm³/mol. The molecule has 16 heavy (non-hydrogen) atoms. The van der Waals surface area contributed by atoms with Crippen molar-refractivity contribution in [1.82, 2.24) is 0 Å². The van der Waals surface area contributed by atoms with E-state index in [1.807, 2.05) is 18.2 Å². The molecule has 0 heterocycles. The lowest BCUT2D eigenvalue weighted by atomic mass is 10.1. The van der Waals surface area contributed by atoms with Crippen molar-refractivity contribution in [2.24, 2.45) is 0 Å². The van der Waals surface area contributed by atoms with Crippen LogP contribution >= 0.6 is 15.9 Å². The summed E-state index contributed by atoms with van der Waals surface area (Å²) in [7, 11) is 0. The van der Waals surface area contributed by atoms with Gasteiger partial charge in [-0.3, -0.25) is 4.79 Å². The number of halogens is 1. The second-order valence-electron chi connectivity index (χ2n) is 3.87. The van der Waals surface area contributed by atoms with Crippen molar-refractivity contribution < 1.29 is 4.79 Å². The molecule has 0 spiro atoms. The Kier molecular flexibility index (Phi) is 5.00. The molecule has 0 amide bonds. The van der Waals surface area contributed by atoms with Crippen LogP contribution in [0.2, 0.25) is 0 Å². The van der Waals surface area contributed by atoms with E-state index in [0.29, 0.717) is 11.6 Å². The summed E-state index contributed by atoms with van der Waals surface area (Å²) < 4.78 is 0.985. The number of carbonyl (C=O) groups excluding carboxylic acids is 1. The molecule has 1 rings (SSSR count). The Morgan fingerprint density at radius 3 is 2.56 bits per heavy atom. The summed E-state index contributed by atoms with van der Waals surface area (Å²) in [6.07, 6.45) is 1.98. The van der Waals surface area contributed by atoms with Gasteiger partial charge >= 0.3 is 0 Å². The number of rotatable bonds is 5. The third kappa shape index (κ3) is 2.85. The Labute approximate surface area is 106 Å². The van der Waals surface area contributed by atoms with Crippen LogP contribution in [0.1, 0.15) is 37.6 Å². The van der Waals surface area contributed by atoms with Gasteiger partial charge in [-0.05, 0) is 54.4 Å². The summed E-state index contributed by atoms with van der Waals surface area (Å²) in [6.45, 7) is 7.50. The van der Waals surface area contributed by atoms with Gasteiger partial charge in [0.2, 0.25) is 0 Å². The van der Waals surface area contributed by atoms with Crippen molar-refractivity contribution in [1.29, 1.82) is 0 Å². The molecule has 0 radical (unpaired) electrons. The predicted octanol–water partition coefficient (Wildman–Crippen LogP) is 3.89. The average Bonchev–Trinajstić information content (AvgIpc) is 2.31. The number of hydrogen-bond acceptors (Lipinski definition) is 2. The molecule has 0 aromatic heterocycles. The van der Waals surface area contributed by atoms with Crippen LogP contribution in [0, 0.1) is 0 Å². The molecule has 2 nitrogen and oxygen atoms in total. The van der Waals surface area contributed by atoms with Crippen LogP contribution in [0.4, 0.5) is 5.69 Å². The van der Waals surface area contributed by atoms with Crippen LogP contribution in [0.3, 0.4) is 0 Å². The second kappa shape index (κ2) is 6.04. The lowest BCUT2D eigenvalue weighted by Gasteiger charge is -2.30. The van der Waals surface area contributed by atoms with E-state index in [0.717, 1.165) is 29.4 Å². The van der Waals surface area contributed by atoms with E-state index in [1.54, 1.807) is 0 Å². The third-order valence-electron chi connectivity index (χ3n) is 2.88. The molecule has 3 heteroatoms. The Bertz CT molecular complexity index is 365. The Balaban J connectivity index is 3.06. The zero-order valence-corrected chi connectivity index (χ0v) is 11.6. The molecule has 0 bridgehead atoms. The first-order valence-electron chi connectivity index (χ1n) is 5.65. The highest BCUT2D eigenvalue weighted by Gasteiger charge is 2.13. The standard InChI is InChI=1S/C13H18BrNO/c1-4-10(3)15(5-2)13-7-6-11(9-16)8-12(13)14/h6-10H,4-5H2,1-3H3. The summed E-state index contributed by atoms with van der Waals surface area (Å²) in [6, 6.07) is 6.23. The van der Waals surface area contributed by atoms with Crippen LogP contribution in [-0.4, -0.2) is 18.9 Å². The maximum Gasteiger partial charge on any atom is 0.150 e. The van der Waals surface area contributed by atoms with E-state index in [2.05, 4.69) is 41.6 Å². The first-order valence-corrected chi connectivity index (χ1v) is 6.44. The van der Waals surface area contributed by atoms with Gasteiger partial charge in [-0.2, -0.15) is 0 Å². The van der Waals surface area contributed by atoms with Gasteiger partial charge in [0.25, 0.3) is 0 Å². The topological polar surface area (TPSA) is 20.3 Å². The minimum absolute atomic E-state index is 0.503. The summed E-state index contributed by atoms with van der Waals surface area (Å²) in [5.74, 6) is 0. The normalized spacial score (nSPS) is 12.2. The van der Waals surface area contributed by atoms with Crippen LogP contribution in [0.25, 0.3) is 0 Å². The number of hydrogen-bond donors (Lipinski definition) is 0. The monoisotopic (exact) mass is 283 g/mol. The van der Waals surface area contributed by atoms with E-state index in [4.69, 9.17) is 0 Å². The summed E-state index contributed by atoms with van der Waals surface area (Å²) >= 11 is 3.53. The fraction of sp³-hybridized carbons (Fsp3) is 0.462. The Morgan fingerprint density at radius 2 is 2.12 bits per heavy atom. The molecule has 0 saturated heterocycles. The van der Waals surface area contributed by atoms with Crippen LogP contribution < -0.4 is 4.90 Å². The quantitative estimate of drug-likeness (QED) is 0.765. The average molecular weight is 284 g/mol. The lowest BCUT2D eigenvalue weighted by Crippen LogP contribution is -2.32. The molecule has 0 saturated carbocycles. The molecular formula is C13H18BrNO. The molecule has 0 aliphatic heterocycles. The van der Waals surface area contributed by atoms with Gasteiger partial charge in [-0.25, -0.2) is 0 Å². The third-order valence-corrected chi connectivity index (χ3v) is 3.52. The van der Waals surface area contributed by atoms with Gasteiger partial charge in [0, 0.05) is 22.6 Å².